The van der Waals surface area contributed by atoms with Crippen molar-refractivity contribution in [3.8, 4) is 0 Å². The molecular weight excluding hydrogens is 2240 g/mol. The van der Waals surface area contributed by atoms with Crippen molar-refractivity contribution >= 4 is 189 Å². The molecule has 4 heterocycles. The van der Waals surface area contributed by atoms with Gasteiger partial charge >= 0.3 is 283 Å². The van der Waals surface area contributed by atoms with Gasteiger partial charge in [-0.1, -0.05) is 63.4 Å². The van der Waals surface area contributed by atoms with Gasteiger partial charge in [-0.15, -0.1) is 48.0 Å². The number of carbonyl (C=O) groups is 4. The van der Waals surface area contributed by atoms with Crippen LogP contribution in [0.4, 0.5) is 64.7 Å². The van der Waals surface area contributed by atoms with E-state index in [0.717, 1.165) is 47.0 Å². The van der Waals surface area contributed by atoms with Crippen LogP contribution in [0.5, 0.6) is 0 Å². The van der Waals surface area contributed by atoms with Crippen molar-refractivity contribution in [2.75, 3.05) is 48.2 Å². The molecule has 0 aliphatic rings. The summed E-state index contributed by atoms with van der Waals surface area (Å²) in [6, 6.07) is 27.7. The maximum atomic E-state index is 13.2. The molecule has 14 N–H and O–H groups in total. The number of phosphoric acid groups is 4. The Morgan fingerprint density at radius 3 is 0.682 bits per heavy atom. The Balaban J connectivity index is -0.000000251. The maximum Gasteiger partial charge on any atom is 1.00 e. The number of amides is 8. The number of hydrogen-bond acceptors (Lipinski definition) is 34. The first-order valence-electron chi connectivity index (χ1n) is 34.8. The van der Waals surface area contributed by atoms with Crippen molar-refractivity contribution < 1.29 is 382 Å². The molecule has 8 rings (SSSR count). The fourth-order valence-corrected chi connectivity index (χ4v) is 16.0. The number of aryl methyl sites for hydroxylation is 4. The summed E-state index contributed by atoms with van der Waals surface area (Å²) in [5, 5.41) is 21.1. The number of urea groups is 4. The van der Waals surface area contributed by atoms with Crippen LogP contribution in [0.1, 0.15) is 92.5 Å². The average Bonchev–Trinajstić information content (AvgIpc) is 0.797. The number of nitrogens with one attached hydrogen (secondary N) is 8. The molecule has 0 fully saturated rings. The molecule has 0 atom stereocenters. The summed E-state index contributed by atoms with van der Waals surface area (Å²) in [5.74, 6) is 0. The quantitative estimate of drug-likeness (QED) is 0.00806. The van der Waals surface area contributed by atoms with E-state index in [9.17, 15) is 90.7 Å². The van der Waals surface area contributed by atoms with Gasteiger partial charge in [-0.2, -0.15) is 17.2 Å². The summed E-state index contributed by atoms with van der Waals surface area (Å²) < 4.78 is 167. The number of hydrogen-bond donors (Lipinski definition) is 12. The van der Waals surface area contributed by atoms with Gasteiger partial charge in [0.15, 0.2) is 0 Å². The van der Waals surface area contributed by atoms with E-state index in [4.69, 9.17) is 19.6 Å². The van der Waals surface area contributed by atoms with Gasteiger partial charge in [0.2, 0.25) is 0 Å². The van der Waals surface area contributed by atoms with E-state index in [2.05, 4.69) is 80.6 Å². The number of pyridine rings is 4. The van der Waals surface area contributed by atoms with E-state index >= 15 is 0 Å². The van der Waals surface area contributed by atoms with Gasteiger partial charge in [0.05, 0.1) is 38.4 Å². The molecule has 0 spiro atoms. The molecule has 8 aromatic rings. The minimum Gasteiger partial charge on any atom is -0.870 e. The van der Waals surface area contributed by atoms with Crippen molar-refractivity contribution in [1.29, 1.82) is 0 Å². The Morgan fingerprint density at radius 2 is 0.530 bits per heavy atom. The van der Waals surface area contributed by atoms with Gasteiger partial charge in [0, 0.05) is 96.5 Å². The second-order valence-corrected chi connectivity index (χ2v) is 38.3. The predicted molar refractivity (Wildman–Crippen MR) is 477 cm³/mol. The zero-order valence-electron chi connectivity index (χ0n) is 73.6. The third-order valence-electron chi connectivity index (χ3n) is 14.5. The van der Waals surface area contributed by atoms with Crippen molar-refractivity contribution in [1.82, 2.24) is 58.4 Å². The first-order valence-corrected chi connectivity index (χ1v) is 46.5. The van der Waals surface area contributed by atoms with Gasteiger partial charge in [0.1, 0.15) is 46.5 Å². The molecular formula is C70H100I2K3N16Na3O30P4S4. The summed E-state index contributed by atoms with van der Waals surface area (Å²) in [5.41, 5.74) is 6.49. The van der Waals surface area contributed by atoms with Crippen molar-refractivity contribution in [3.05, 3.63) is 193 Å². The zero-order chi connectivity index (χ0) is 90.1. The Bertz CT molecular complexity index is 4960. The van der Waals surface area contributed by atoms with Crippen LogP contribution in [0.15, 0.2) is 190 Å². The van der Waals surface area contributed by atoms with Crippen LogP contribution < -0.4 is 305 Å². The Hall–Kier alpha value is -0.711. The molecule has 8 amide bonds. The van der Waals surface area contributed by atoms with Crippen molar-refractivity contribution in [3.63, 3.8) is 0 Å². The van der Waals surface area contributed by atoms with Crippen LogP contribution in [0, 0.1) is 27.7 Å². The SMILES string of the molecule is C.C.Cc1cccc(Nc2ccncc2S(=O)(=O)N(COP(=O)(O)O)C(=O)NC(C)C)c1.Cc1cccc(Nc2ccncc2S(=O)(=O)N(COP(=O)(O)O)C(=O)NC(C)C)c1.Cc1cccc(Nc2ccncc2S(=O)(=O)N(COP(=O)([O-])[O-])C(=O)NC(C)C)c1.Cc1cccc(Nc2ccncc2S(=O)(=O)N(COP(=O)([O-])[O-])C(=O)NC(C)C)c1.I.I.[K+].[K+].[K+].[Na+].[Na+].[Na+].[OH-].[OH-]. The normalized spacial score (nSPS) is 10.8. The number of rotatable bonds is 32. The second-order valence-electron chi connectivity index (χ2n) is 26.2. The first kappa shape index (κ1) is 147. The van der Waals surface area contributed by atoms with Gasteiger partial charge in [-0.3, -0.25) is 29.0 Å². The molecule has 0 saturated heterocycles. The zero-order valence-corrected chi connectivity index (χ0v) is 100. The van der Waals surface area contributed by atoms with Crippen LogP contribution >= 0.6 is 79.2 Å². The molecule has 0 unspecified atom stereocenters. The molecule has 0 aliphatic carbocycles. The second kappa shape index (κ2) is 67.8. The summed E-state index contributed by atoms with van der Waals surface area (Å²) >= 11 is 0. The van der Waals surface area contributed by atoms with Crippen LogP contribution in [0.25, 0.3) is 0 Å². The number of aromatic nitrogens is 4. The molecule has 0 aliphatic heterocycles. The van der Waals surface area contributed by atoms with E-state index in [1.807, 2.05) is 52.0 Å². The van der Waals surface area contributed by atoms with Crippen LogP contribution in [0.2, 0.25) is 0 Å². The van der Waals surface area contributed by atoms with E-state index in [0.29, 0.717) is 22.7 Å². The number of anilines is 8. The molecule has 4 aromatic heterocycles. The van der Waals surface area contributed by atoms with E-state index in [-0.39, 0.29) is 366 Å². The molecule has 0 saturated carbocycles. The molecule has 0 bridgehead atoms. The van der Waals surface area contributed by atoms with Crippen LogP contribution in [-0.4, -0.2) is 177 Å². The third-order valence-corrected chi connectivity index (χ3v) is 23.2. The summed E-state index contributed by atoms with van der Waals surface area (Å²) in [7, 11) is -39.7. The smallest absolute Gasteiger partial charge is 0.870 e. The Labute approximate surface area is 996 Å². The van der Waals surface area contributed by atoms with Gasteiger partial charge in [-0.05, 0) is 178 Å². The molecule has 46 nitrogen and oxygen atoms in total. The largest absolute Gasteiger partial charge is 1.00 e. The monoisotopic (exact) mass is 2340 g/mol. The standard InChI is InChI=1S/4C17H23N4O7PS.2CH4.2HI.3K.3Na.2H2O/c4*1-12(2)19-17(22)21(11-28-29(23,24)25)30(26,27)16-10-18-8-7-15(16)20-14-6-4-5-13(3)9-14;;;;;;;;;;;;/h4*4-10,12H,11H2,1-3H3,(H,18,20)(H,19,22)(H2,23,24,25);2*1H4;2*1H;;;;;;;2*1H2/q;;;;;;;;6*+1;;/p-6. The fourth-order valence-electron chi connectivity index (χ4n) is 9.47. The van der Waals surface area contributed by atoms with Gasteiger partial charge in [-0.25, -0.2) is 62.0 Å². The van der Waals surface area contributed by atoms with Crippen molar-refractivity contribution in [2.45, 2.75) is 142 Å². The molecule has 704 valence electrons. The maximum absolute atomic E-state index is 13.2. The van der Waals surface area contributed by atoms with Crippen LogP contribution in [-0.2, 0) is 76.4 Å². The fraction of sp³-hybridized carbons (Fsp3) is 0.314. The summed E-state index contributed by atoms with van der Waals surface area (Å²) in [6.45, 7) is 15.1. The number of benzene rings is 4. The molecule has 4 aromatic carbocycles. The van der Waals surface area contributed by atoms with Crippen molar-refractivity contribution in [2.24, 2.45) is 0 Å². The van der Waals surface area contributed by atoms with E-state index in [1.165, 1.54) is 49.1 Å². The van der Waals surface area contributed by atoms with Gasteiger partial charge < -0.3 is 111 Å². The summed E-state index contributed by atoms with van der Waals surface area (Å²) in [6.07, 6.45) is 9.46. The van der Waals surface area contributed by atoms with Crippen LogP contribution in [0.3, 0.4) is 0 Å². The summed E-state index contributed by atoms with van der Waals surface area (Å²) in [4.78, 5) is 143. The third kappa shape index (κ3) is 51.5. The molecule has 0 radical (unpaired) electrons. The minimum absolute atomic E-state index is 0. The number of nitrogens with zero attached hydrogens (tertiary/aromatic N) is 8. The number of halogens is 2. The molecule has 62 heteroatoms. The predicted octanol–water partition coefficient (Wildman–Crippen LogP) is -9.11. The number of phosphoric ester groups is 4. The minimum atomic E-state index is -5.54. The van der Waals surface area contributed by atoms with E-state index < -0.39 is 156 Å². The Kier molecular flexibility index (Phi) is 75.3. The Morgan fingerprint density at radius 1 is 0.356 bits per heavy atom. The molecule has 132 heavy (non-hydrogen) atoms. The number of sulfonamides is 4. The topological polar surface area (TPSA) is 704 Å². The number of carbonyl (C=O) groups excluding carboxylic acids is 4. The first-order chi connectivity index (χ1) is 55.6. The van der Waals surface area contributed by atoms with Gasteiger partial charge in [0.25, 0.3) is 40.1 Å². The van der Waals surface area contributed by atoms with E-state index in [1.54, 1.807) is 128 Å². The average molecular weight is 2340 g/mol.